The minimum atomic E-state index is -0.864. The molecule has 16 heavy (non-hydrogen) atoms. The Kier molecular flexibility index (Phi) is 4.29. The van der Waals surface area contributed by atoms with Crippen LogP contribution in [0, 0.1) is 0 Å². The second kappa shape index (κ2) is 5.30. The first-order chi connectivity index (χ1) is 7.44. The Balaban J connectivity index is 2.31. The number of carbonyl (C=O) groups is 2. The fourth-order valence-corrected chi connectivity index (χ4v) is 1.78. The highest BCUT2D eigenvalue weighted by atomic mass is 16.5. The average molecular weight is 229 g/mol. The van der Waals surface area contributed by atoms with Crippen LogP contribution < -0.4 is 5.32 Å². The second-order valence-corrected chi connectivity index (χ2v) is 4.48. The summed E-state index contributed by atoms with van der Waals surface area (Å²) in [7, 11) is 0. The van der Waals surface area contributed by atoms with Gasteiger partial charge in [-0.2, -0.15) is 0 Å². The van der Waals surface area contributed by atoms with Gasteiger partial charge in [-0.1, -0.05) is 0 Å². The molecule has 2 N–H and O–H groups in total. The van der Waals surface area contributed by atoms with Gasteiger partial charge in [0.05, 0.1) is 11.6 Å². The van der Waals surface area contributed by atoms with Crippen molar-refractivity contribution in [1.29, 1.82) is 0 Å². The molecule has 92 valence electrons. The summed E-state index contributed by atoms with van der Waals surface area (Å²) in [5.41, 5.74) is -0.305. The smallest absolute Gasteiger partial charge is 0.303 e. The van der Waals surface area contributed by atoms with Crippen LogP contribution in [0.15, 0.2) is 0 Å². The van der Waals surface area contributed by atoms with Gasteiger partial charge < -0.3 is 15.2 Å². The van der Waals surface area contributed by atoms with Crippen molar-refractivity contribution in [3.63, 3.8) is 0 Å². The molecule has 1 aliphatic heterocycles. The van der Waals surface area contributed by atoms with Crippen LogP contribution >= 0.6 is 0 Å². The van der Waals surface area contributed by atoms with Gasteiger partial charge in [0, 0.05) is 19.4 Å². The van der Waals surface area contributed by atoms with Crippen LogP contribution in [-0.4, -0.2) is 35.2 Å². The molecule has 1 aliphatic rings. The molecule has 1 fully saturated rings. The van der Waals surface area contributed by atoms with Crippen LogP contribution in [0.3, 0.4) is 0 Å². The fraction of sp³-hybridized carbons (Fsp3) is 0.818. The molecule has 5 heteroatoms. The maximum Gasteiger partial charge on any atom is 0.303 e. The van der Waals surface area contributed by atoms with Crippen molar-refractivity contribution in [3.8, 4) is 0 Å². The molecule has 1 rings (SSSR count). The highest BCUT2D eigenvalue weighted by Gasteiger charge is 2.37. The van der Waals surface area contributed by atoms with E-state index in [0.29, 0.717) is 13.0 Å². The minimum absolute atomic E-state index is 0.0101. The highest BCUT2D eigenvalue weighted by molar-refractivity contribution is 5.77. The van der Waals surface area contributed by atoms with E-state index < -0.39 is 5.97 Å². The molecule has 5 nitrogen and oxygen atoms in total. The van der Waals surface area contributed by atoms with Crippen LogP contribution in [0.25, 0.3) is 0 Å². The standard InChI is InChI=1S/C11H19NO4/c1-8-11(2,6-7-16-8)12-9(13)4-3-5-10(14)15/h8H,3-7H2,1-2H3,(H,12,13)(H,14,15). The molecule has 0 aromatic rings. The van der Waals surface area contributed by atoms with Gasteiger partial charge in [-0.25, -0.2) is 0 Å². The monoisotopic (exact) mass is 229 g/mol. The topological polar surface area (TPSA) is 75.6 Å². The molecule has 0 bridgehead atoms. The van der Waals surface area contributed by atoms with E-state index >= 15 is 0 Å². The van der Waals surface area contributed by atoms with E-state index in [1.54, 1.807) is 0 Å². The van der Waals surface area contributed by atoms with Gasteiger partial charge in [0.2, 0.25) is 5.91 Å². The zero-order chi connectivity index (χ0) is 12.2. The number of hydrogen-bond acceptors (Lipinski definition) is 3. The summed E-state index contributed by atoms with van der Waals surface area (Å²) < 4.78 is 5.40. The number of rotatable bonds is 5. The van der Waals surface area contributed by atoms with Crippen molar-refractivity contribution in [2.24, 2.45) is 0 Å². The van der Waals surface area contributed by atoms with E-state index in [0.717, 1.165) is 6.42 Å². The summed E-state index contributed by atoms with van der Waals surface area (Å²) in [6, 6.07) is 0. The minimum Gasteiger partial charge on any atom is -0.481 e. The van der Waals surface area contributed by atoms with Crippen molar-refractivity contribution in [1.82, 2.24) is 5.32 Å². The lowest BCUT2D eigenvalue weighted by atomic mass is 9.94. The number of ether oxygens (including phenoxy) is 1. The Morgan fingerprint density at radius 3 is 2.69 bits per heavy atom. The van der Waals surface area contributed by atoms with Gasteiger partial charge in [-0.05, 0) is 26.7 Å². The molecule has 0 saturated carbocycles. The molecule has 0 radical (unpaired) electrons. The van der Waals surface area contributed by atoms with E-state index in [4.69, 9.17) is 9.84 Å². The second-order valence-electron chi connectivity index (χ2n) is 4.48. The average Bonchev–Trinajstić information content (AvgIpc) is 2.46. The quantitative estimate of drug-likeness (QED) is 0.735. The molecule has 1 saturated heterocycles. The molecule has 1 heterocycles. The maximum atomic E-state index is 11.6. The van der Waals surface area contributed by atoms with Crippen molar-refractivity contribution >= 4 is 11.9 Å². The van der Waals surface area contributed by atoms with Crippen LogP contribution in [-0.2, 0) is 14.3 Å². The largest absolute Gasteiger partial charge is 0.481 e. The van der Waals surface area contributed by atoms with E-state index in [9.17, 15) is 9.59 Å². The number of carboxylic acids is 1. The number of aliphatic carboxylic acids is 1. The van der Waals surface area contributed by atoms with Crippen molar-refractivity contribution in [3.05, 3.63) is 0 Å². The van der Waals surface area contributed by atoms with E-state index in [2.05, 4.69) is 5.32 Å². The Morgan fingerprint density at radius 1 is 1.50 bits per heavy atom. The molecule has 1 amide bonds. The highest BCUT2D eigenvalue weighted by Crippen LogP contribution is 2.25. The third-order valence-corrected chi connectivity index (χ3v) is 3.11. The zero-order valence-electron chi connectivity index (χ0n) is 9.78. The summed E-state index contributed by atoms with van der Waals surface area (Å²) in [5.74, 6) is -0.960. The molecule has 0 aromatic carbocycles. The molecule has 0 spiro atoms. The van der Waals surface area contributed by atoms with Gasteiger partial charge in [0.25, 0.3) is 0 Å². The molecule has 2 unspecified atom stereocenters. The summed E-state index contributed by atoms with van der Waals surface area (Å²) in [6.45, 7) is 4.55. The number of amides is 1. The lowest BCUT2D eigenvalue weighted by molar-refractivity contribution is -0.137. The van der Waals surface area contributed by atoms with Crippen LogP contribution in [0.4, 0.5) is 0 Å². The third kappa shape index (κ3) is 3.48. The van der Waals surface area contributed by atoms with Gasteiger partial charge in [0.15, 0.2) is 0 Å². The van der Waals surface area contributed by atoms with E-state index in [1.807, 2.05) is 13.8 Å². The van der Waals surface area contributed by atoms with Gasteiger partial charge in [0.1, 0.15) is 0 Å². The lowest BCUT2D eigenvalue weighted by Gasteiger charge is -2.28. The fourth-order valence-electron chi connectivity index (χ4n) is 1.78. The molecule has 0 aliphatic carbocycles. The summed E-state index contributed by atoms with van der Waals surface area (Å²) in [4.78, 5) is 21.9. The maximum absolute atomic E-state index is 11.6. The molecule has 0 aromatic heterocycles. The number of hydrogen-bond donors (Lipinski definition) is 2. The Morgan fingerprint density at radius 2 is 2.19 bits per heavy atom. The summed E-state index contributed by atoms with van der Waals surface area (Å²) >= 11 is 0. The first-order valence-electron chi connectivity index (χ1n) is 5.58. The van der Waals surface area contributed by atoms with Gasteiger partial charge in [-0.15, -0.1) is 0 Å². The van der Waals surface area contributed by atoms with Crippen molar-refractivity contribution < 1.29 is 19.4 Å². The molecule has 2 atom stereocenters. The van der Waals surface area contributed by atoms with Gasteiger partial charge >= 0.3 is 5.97 Å². The first-order valence-corrected chi connectivity index (χ1v) is 5.58. The Bertz CT molecular complexity index is 279. The van der Waals surface area contributed by atoms with Crippen molar-refractivity contribution in [2.75, 3.05) is 6.61 Å². The first kappa shape index (κ1) is 13.0. The predicted molar refractivity (Wildman–Crippen MR) is 58.1 cm³/mol. The van der Waals surface area contributed by atoms with Crippen molar-refractivity contribution in [2.45, 2.75) is 51.2 Å². The molecular formula is C11H19NO4. The zero-order valence-corrected chi connectivity index (χ0v) is 9.78. The Labute approximate surface area is 95.2 Å². The lowest BCUT2D eigenvalue weighted by Crippen LogP contribution is -2.50. The summed E-state index contributed by atoms with van der Waals surface area (Å²) in [6.07, 6.45) is 1.49. The van der Waals surface area contributed by atoms with E-state index in [1.165, 1.54) is 0 Å². The normalized spacial score (nSPS) is 29.0. The molecular weight excluding hydrogens is 210 g/mol. The van der Waals surface area contributed by atoms with Gasteiger partial charge in [-0.3, -0.25) is 9.59 Å². The Hall–Kier alpha value is -1.10. The summed E-state index contributed by atoms with van der Waals surface area (Å²) in [5, 5.41) is 11.4. The van der Waals surface area contributed by atoms with Crippen LogP contribution in [0.2, 0.25) is 0 Å². The number of carboxylic acid groups (broad SMARTS) is 1. The van der Waals surface area contributed by atoms with E-state index in [-0.39, 0.29) is 30.4 Å². The number of carbonyl (C=O) groups excluding carboxylic acids is 1. The predicted octanol–water partition coefficient (Wildman–Crippen LogP) is 0.925. The SMILES string of the molecule is CC1OCCC1(C)NC(=O)CCCC(=O)O. The van der Waals surface area contributed by atoms with Crippen LogP contribution in [0.1, 0.15) is 39.5 Å². The third-order valence-electron chi connectivity index (χ3n) is 3.11. The van der Waals surface area contributed by atoms with Crippen LogP contribution in [0.5, 0.6) is 0 Å². The number of nitrogens with one attached hydrogen (secondary N) is 1.